The lowest BCUT2D eigenvalue weighted by Crippen LogP contribution is -2.61. The van der Waals surface area contributed by atoms with Gasteiger partial charge in [-0.25, -0.2) is 4.68 Å². The molecule has 50 heavy (non-hydrogen) atoms. The Bertz CT molecular complexity index is 1810. The molecule has 4 amide bonds. The van der Waals surface area contributed by atoms with Gasteiger partial charge in [0.05, 0.1) is 23.9 Å². The van der Waals surface area contributed by atoms with E-state index in [4.69, 9.17) is 11.5 Å². The van der Waals surface area contributed by atoms with Crippen molar-refractivity contribution in [2.45, 2.75) is 94.4 Å². The van der Waals surface area contributed by atoms with Gasteiger partial charge in [0.1, 0.15) is 17.2 Å². The molecule has 3 fully saturated rings. The van der Waals surface area contributed by atoms with Crippen LogP contribution in [-0.4, -0.2) is 84.0 Å². The summed E-state index contributed by atoms with van der Waals surface area (Å²) in [6, 6.07) is 9.42. The van der Waals surface area contributed by atoms with Gasteiger partial charge >= 0.3 is 0 Å². The summed E-state index contributed by atoms with van der Waals surface area (Å²) >= 11 is 1.43. The Morgan fingerprint density at radius 1 is 1.08 bits per heavy atom. The molecule has 0 radical (unpaired) electrons. The molecule has 14 heteroatoms. The number of nitrogens with zero attached hydrogens (tertiary/aromatic N) is 4. The van der Waals surface area contributed by atoms with Crippen LogP contribution in [0.15, 0.2) is 42.6 Å². The normalized spacial score (nSPS) is 23.5. The van der Waals surface area contributed by atoms with E-state index < -0.39 is 52.6 Å². The number of fused-ring (bicyclic) bond motifs is 1. The number of nitrogens with two attached hydrogens (primary N) is 2. The molecule has 13 nitrogen and oxygen atoms in total. The third-order valence-electron chi connectivity index (χ3n) is 10.6. The molecule has 1 unspecified atom stereocenters. The Kier molecular flexibility index (Phi) is 10.0. The number of Topliss-reactive ketones (excluding diaryl/α,β-unsaturated/α-hetero) is 1. The van der Waals surface area contributed by atoms with Gasteiger partial charge in [0.2, 0.25) is 23.5 Å². The third kappa shape index (κ3) is 6.87. The van der Waals surface area contributed by atoms with E-state index >= 15 is 4.79 Å². The Hall–Kier alpha value is -4.30. The molecular weight excluding hydrogens is 659 g/mol. The first-order chi connectivity index (χ1) is 23.8. The van der Waals surface area contributed by atoms with Gasteiger partial charge in [0.25, 0.3) is 5.91 Å². The molecule has 2 saturated heterocycles. The molecule has 6 N–H and O–H groups in total. The number of aromatic nitrogens is 3. The van der Waals surface area contributed by atoms with E-state index in [9.17, 15) is 24.3 Å². The zero-order valence-electron chi connectivity index (χ0n) is 28.5. The number of thioether (sulfide) groups is 1. The molecule has 1 aliphatic carbocycles. The number of nitrogens with one attached hydrogen (secondary N) is 1. The Morgan fingerprint density at radius 3 is 2.48 bits per heavy atom. The Labute approximate surface area is 294 Å². The lowest BCUT2D eigenvalue weighted by atomic mass is 9.77. The summed E-state index contributed by atoms with van der Waals surface area (Å²) in [6.45, 7) is 3.26. The largest absolute Gasteiger partial charge is 0.384 e. The lowest BCUT2D eigenvalue weighted by Gasteiger charge is -2.34. The van der Waals surface area contributed by atoms with Crippen LogP contribution in [0.25, 0.3) is 10.8 Å². The monoisotopic (exact) mass is 703 g/mol. The van der Waals surface area contributed by atoms with Gasteiger partial charge < -0.3 is 26.8 Å². The van der Waals surface area contributed by atoms with Crippen LogP contribution in [0.5, 0.6) is 0 Å². The second kappa shape index (κ2) is 14.1. The number of carbonyl (C=O) groups is 5. The van der Waals surface area contributed by atoms with Gasteiger partial charge in [-0.15, -0.1) is 5.10 Å². The maximum absolute atomic E-state index is 15.3. The van der Waals surface area contributed by atoms with Crippen LogP contribution in [0.3, 0.4) is 0 Å². The minimum atomic E-state index is -1.48. The smallest absolute Gasteiger partial charge is 0.287 e. The van der Waals surface area contributed by atoms with E-state index in [1.807, 2.05) is 30.3 Å². The van der Waals surface area contributed by atoms with Gasteiger partial charge in [-0.05, 0) is 60.8 Å². The summed E-state index contributed by atoms with van der Waals surface area (Å²) in [4.78, 5) is 69.4. The zero-order valence-corrected chi connectivity index (χ0v) is 29.3. The molecular formula is C36H45N7O6S. The van der Waals surface area contributed by atoms with Crippen molar-refractivity contribution in [3.8, 4) is 0 Å². The van der Waals surface area contributed by atoms with Gasteiger partial charge in [-0.2, -0.15) is 11.8 Å². The highest BCUT2D eigenvalue weighted by atomic mass is 32.2. The number of amides is 4. The number of hydrogen-bond acceptors (Lipinski definition) is 9. The van der Waals surface area contributed by atoms with Crippen molar-refractivity contribution in [2.24, 2.45) is 17.4 Å². The van der Waals surface area contributed by atoms with Gasteiger partial charge in [0.15, 0.2) is 0 Å². The van der Waals surface area contributed by atoms with Crippen molar-refractivity contribution in [3.05, 3.63) is 59.4 Å². The summed E-state index contributed by atoms with van der Waals surface area (Å²) in [5, 5.41) is 23.7. The summed E-state index contributed by atoms with van der Waals surface area (Å²) in [5.74, 6) is -3.47. The van der Waals surface area contributed by atoms with Crippen molar-refractivity contribution < 1.29 is 29.1 Å². The number of aliphatic hydroxyl groups is 1. The lowest BCUT2D eigenvalue weighted by molar-refractivity contribution is -0.144. The van der Waals surface area contributed by atoms with Crippen molar-refractivity contribution in [2.75, 3.05) is 18.1 Å². The fraction of sp³-hybridized carbons (Fsp3) is 0.528. The number of carbonyl (C=O) groups excluding carboxylic acids is 5. The summed E-state index contributed by atoms with van der Waals surface area (Å²) in [5.41, 5.74) is 9.80. The van der Waals surface area contributed by atoms with Crippen LogP contribution >= 0.6 is 11.8 Å². The standard InChI is InChI=1S/C36H45N7O6S/c1-35(2,49)28-18-39-41-43(28)23-17-27(33(47)40-36(14-15-50-20-36)30(44)32(38)46)42(19-23)34(48)26(16-21-8-4-3-5-9-21)29-24-11-7-6-10-22(24)12-13-25(29)31(37)45/h6-7,10-13,18,21,23,26-27,49H,3-5,8-9,14-17,19-20H2,1-2H3,(H2,37,45)(H2,38,46)(H,40,47)/t23-,26+,27-,36?/m0/s1. The molecule has 2 aromatic carbocycles. The fourth-order valence-electron chi connectivity index (χ4n) is 8.07. The highest BCUT2D eigenvalue weighted by Gasteiger charge is 2.50. The first kappa shape index (κ1) is 35.5. The number of hydrogen-bond donors (Lipinski definition) is 4. The summed E-state index contributed by atoms with van der Waals surface area (Å²) in [6.07, 6.45) is 7.33. The molecule has 3 aliphatic rings. The first-order valence-corrected chi connectivity index (χ1v) is 18.4. The zero-order chi connectivity index (χ0) is 35.8. The van der Waals surface area contributed by atoms with E-state index in [2.05, 4.69) is 15.6 Å². The maximum atomic E-state index is 15.3. The predicted molar refractivity (Wildman–Crippen MR) is 188 cm³/mol. The quantitative estimate of drug-likeness (QED) is 0.217. The van der Waals surface area contributed by atoms with Crippen LogP contribution in [0.2, 0.25) is 0 Å². The topological polar surface area (TPSA) is 204 Å². The van der Waals surface area contributed by atoms with Crippen LogP contribution < -0.4 is 16.8 Å². The highest BCUT2D eigenvalue weighted by Crippen LogP contribution is 2.41. The second-order valence-corrected chi connectivity index (χ2v) is 15.6. The molecule has 2 aliphatic heterocycles. The van der Waals surface area contributed by atoms with Crippen molar-refractivity contribution in [3.63, 3.8) is 0 Å². The van der Waals surface area contributed by atoms with Gasteiger partial charge in [0, 0.05) is 24.3 Å². The SMILES string of the molecule is CC(C)(O)c1cnnn1[C@H]1C[C@@H](C(=O)NC2(C(=O)C(N)=O)CCSC2)N(C(=O)[C@H](CC2CCCCC2)c2c(C(N)=O)ccc3ccccc23)C1. The second-order valence-electron chi connectivity index (χ2n) is 14.5. The molecule has 3 aromatic rings. The number of likely N-dealkylation sites (tertiary alicyclic amines) is 1. The van der Waals surface area contributed by atoms with Crippen molar-refractivity contribution in [1.82, 2.24) is 25.2 Å². The molecule has 266 valence electrons. The maximum Gasteiger partial charge on any atom is 0.287 e. The molecule has 0 spiro atoms. The molecule has 1 saturated carbocycles. The number of ketones is 1. The van der Waals surface area contributed by atoms with Crippen LogP contribution in [0.1, 0.15) is 98.8 Å². The fourth-order valence-corrected chi connectivity index (χ4v) is 9.41. The average Bonchev–Trinajstić information content (AvgIpc) is 3.87. The molecule has 4 atom stereocenters. The predicted octanol–water partition coefficient (Wildman–Crippen LogP) is 2.70. The third-order valence-corrected chi connectivity index (χ3v) is 11.8. The van der Waals surface area contributed by atoms with Gasteiger partial charge in [-0.1, -0.05) is 67.6 Å². The minimum Gasteiger partial charge on any atom is -0.384 e. The van der Waals surface area contributed by atoms with Crippen LogP contribution in [0, 0.1) is 5.92 Å². The van der Waals surface area contributed by atoms with Gasteiger partial charge in [-0.3, -0.25) is 24.0 Å². The van der Waals surface area contributed by atoms with E-state index in [0.29, 0.717) is 23.4 Å². The minimum absolute atomic E-state index is 0.0483. The first-order valence-electron chi connectivity index (χ1n) is 17.3. The summed E-state index contributed by atoms with van der Waals surface area (Å²) in [7, 11) is 0. The number of primary amides is 2. The molecule has 0 bridgehead atoms. The molecule has 6 rings (SSSR count). The Balaban J connectivity index is 1.45. The van der Waals surface area contributed by atoms with Crippen molar-refractivity contribution >= 4 is 51.9 Å². The Morgan fingerprint density at radius 2 is 1.82 bits per heavy atom. The van der Waals surface area contributed by atoms with Crippen LogP contribution in [-0.2, 0) is 24.8 Å². The van der Waals surface area contributed by atoms with E-state index in [1.165, 1.54) is 22.9 Å². The number of benzene rings is 2. The van der Waals surface area contributed by atoms with E-state index in [1.54, 1.807) is 24.6 Å². The van der Waals surface area contributed by atoms with Crippen LogP contribution in [0.4, 0.5) is 0 Å². The summed E-state index contributed by atoms with van der Waals surface area (Å²) < 4.78 is 1.55. The average molecular weight is 704 g/mol. The number of rotatable bonds is 11. The van der Waals surface area contributed by atoms with Crippen molar-refractivity contribution in [1.29, 1.82) is 0 Å². The van der Waals surface area contributed by atoms with E-state index in [-0.39, 0.29) is 42.5 Å². The molecule has 3 heterocycles. The molecule has 1 aromatic heterocycles. The highest BCUT2D eigenvalue weighted by molar-refractivity contribution is 7.99. The van der Waals surface area contributed by atoms with E-state index in [0.717, 1.165) is 42.9 Å².